The molecule has 2 unspecified atom stereocenters. The lowest BCUT2D eigenvalue weighted by Gasteiger charge is -2.32. The molecule has 2 bridgehead atoms. The monoisotopic (exact) mass is 303 g/mol. The van der Waals surface area contributed by atoms with Gasteiger partial charge in [-0.05, 0) is 51.7 Å². The highest BCUT2D eigenvalue weighted by Gasteiger charge is 2.38. The van der Waals surface area contributed by atoms with E-state index in [0.717, 1.165) is 24.3 Å². The quantitative estimate of drug-likeness (QED) is 0.634. The molecule has 5 heteroatoms. The van der Waals surface area contributed by atoms with Gasteiger partial charge in [0.05, 0.1) is 4.92 Å². The van der Waals surface area contributed by atoms with E-state index in [9.17, 15) is 10.1 Å². The van der Waals surface area contributed by atoms with Gasteiger partial charge in [0, 0.05) is 49.0 Å². The average Bonchev–Trinajstić information content (AvgIpc) is 2.74. The molecule has 0 spiro atoms. The molecule has 0 aromatic heterocycles. The van der Waals surface area contributed by atoms with E-state index >= 15 is 0 Å². The molecule has 1 aromatic carbocycles. The highest BCUT2D eigenvalue weighted by Crippen LogP contribution is 2.35. The molecule has 22 heavy (non-hydrogen) atoms. The molecule has 0 N–H and O–H groups in total. The smallest absolute Gasteiger partial charge is 0.269 e. The highest BCUT2D eigenvalue weighted by molar-refractivity contribution is 5.57. The number of anilines is 1. The Labute approximate surface area is 132 Å². The number of benzene rings is 1. The van der Waals surface area contributed by atoms with Gasteiger partial charge in [0.2, 0.25) is 0 Å². The van der Waals surface area contributed by atoms with Crippen LogP contribution in [0.3, 0.4) is 0 Å². The molecular formula is C17H25N3O2. The summed E-state index contributed by atoms with van der Waals surface area (Å²) in [6.45, 7) is 8.64. The third-order valence-electron chi connectivity index (χ3n) is 5.17. The van der Waals surface area contributed by atoms with Gasteiger partial charge in [-0.1, -0.05) is 0 Å². The van der Waals surface area contributed by atoms with Gasteiger partial charge in [-0.2, -0.15) is 0 Å². The van der Waals surface area contributed by atoms with Crippen molar-refractivity contribution in [3.63, 3.8) is 0 Å². The molecule has 0 amide bonds. The van der Waals surface area contributed by atoms with Crippen LogP contribution in [0.15, 0.2) is 18.2 Å². The summed E-state index contributed by atoms with van der Waals surface area (Å²) in [5.41, 5.74) is 2.34. The first kappa shape index (κ1) is 15.3. The van der Waals surface area contributed by atoms with Crippen LogP contribution in [-0.4, -0.2) is 41.0 Å². The first-order valence-electron chi connectivity index (χ1n) is 8.25. The molecule has 0 saturated carbocycles. The van der Waals surface area contributed by atoms with E-state index in [0.29, 0.717) is 18.1 Å². The molecule has 2 aliphatic rings. The van der Waals surface area contributed by atoms with Crippen LogP contribution in [0, 0.1) is 17.0 Å². The Bertz CT molecular complexity index is 573. The Balaban J connectivity index is 1.83. The molecule has 2 fully saturated rings. The van der Waals surface area contributed by atoms with Crippen LogP contribution in [0.4, 0.5) is 11.4 Å². The summed E-state index contributed by atoms with van der Waals surface area (Å²) < 4.78 is 0. The van der Waals surface area contributed by atoms with E-state index in [-0.39, 0.29) is 10.6 Å². The fourth-order valence-corrected chi connectivity index (χ4v) is 4.28. The minimum Gasteiger partial charge on any atom is -0.370 e. The highest BCUT2D eigenvalue weighted by atomic mass is 16.6. The maximum Gasteiger partial charge on any atom is 0.269 e. The third kappa shape index (κ3) is 2.70. The number of fused-ring (bicyclic) bond motifs is 2. The molecule has 0 aliphatic carbocycles. The Morgan fingerprint density at radius 3 is 2.59 bits per heavy atom. The van der Waals surface area contributed by atoms with Gasteiger partial charge in [0.25, 0.3) is 5.69 Å². The largest absolute Gasteiger partial charge is 0.370 e. The number of rotatable bonds is 3. The lowest BCUT2D eigenvalue weighted by molar-refractivity contribution is -0.384. The summed E-state index contributed by atoms with van der Waals surface area (Å²) in [4.78, 5) is 15.7. The van der Waals surface area contributed by atoms with Crippen molar-refractivity contribution in [2.45, 2.75) is 58.2 Å². The van der Waals surface area contributed by atoms with E-state index in [1.54, 1.807) is 12.1 Å². The predicted molar refractivity (Wildman–Crippen MR) is 88.4 cm³/mol. The lowest BCUT2D eigenvalue weighted by Crippen LogP contribution is -2.43. The van der Waals surface area contributed by atoms with Crippen molar-refractivity contribution in [3.8, 4) is 0 Å². The molecule has 2 saturated heterocycles. The van der Waals surface area contributed by atoms with Crippen molar-refractivity contribution >= 4 is 11.4 Å². The number of aryl methyl sites for hydroxylation is 1. The molecule has 1 aromatic rings. The van der Waals surface area contributed by atoms with E-state index < -0.39 is 0 Å². The Morgan fingerprint density at radius 2 is 1.95 bits per heavy atom. The lowest BCUT2D eigenvalue weighted by atomic mass is 10.1. The zero-order chi connectivity index (χ0) is 15.9. The Kier molecular flexibility index (Phi) is 4.08. The second-order valence-corrected chi connectivity index (χ2v) is 6.89. The number of hydrogen-bond donors (Lipinski definition) is 0. The molecule has 5 nitrogen and oxygen atoms in total. The first-order valence-corrected chi connectivity index (χ1v) is 8.25. The van der Waals surface area contributed by atoms with Crippen molar-refractivity contribution in [1.82, 2.24) is 4.90 Å². The van der Waals surface area contributed by atoms with Gasteiger partial charge in [0.15, 0.2) is 0 Å². The standard InChI is InChI=1S/C17H25N3O2/c1-12(2)19-14-4-5-16(19)11-18(9-8-14)17-7-6-15(20(21)22)10-13(17)3/h6-7,10,12,14,16H,4-5,8-9,11H2,1-3H3. The second-order valence-electron chi connectivity index (χ2n) is 6.89. The fourth-order valence-electron chi connectivity index (χ4n) is 4.28. The molecule has 2 heterocycles. The topological polar surface area (TPSA) is 49.6 Å². The Hall–Kier alpha value is -1.62. The zero-order valence-corrected chi connectivity index (χ0v) is 13.7. The van der Waals surface area contributed by atoms with Crippen LogP contribution in [0.25, 0.3) is 0 Å². The summed E-state index contributed by atoms with van der Waals surface area (Å²) in [7, 11) is 0. The van der Waals surface area contributed by atoms with E-state index in [4.69, 9.17) is 0 Å². The summed E-state index contributed by atoms with van der Waals surface area (Å²) >= 11 is 0. The van der Waals surface area contributed by atoms with Crippen molar-refractivity contribution in [1.29, 1.82) is 0 Å². The first-order chi connectivity index (χ1) is 10.5. The molecule has 2 aliphatic heterocycles. The van der Waals surface area contributed by atoms with Crippen molar-refractivity contribution in [2.24, 2.45) is 0 Å². The number of non-ortho nitro benzene ring substituents is 1. The molecule has 3 rings (SSSR count). The van der Waals surface area contributed by atoms with Crippen LogP contribution in [0.2, 0.25) is 0 Å². The summed E-state index contributed by atoms with van der Waals surface area (Å²) in [5.74, 6) is 0. The van der Waals surface area contributed by atoms with Crippen LogP contribution in [0.5, 0.6) is 0 Å². The maximum atomic E-state index is 10.9. The zero-order valence-electron chi connectivity index (χ0n) is 13.7. The number of nitro benzene ring substituents is 1. The van der Waals surface area contributed by atoms with Crippen LogP contribution in [0.1, 0.15) is 38.7 Å². The fraction of sp³-hybridized carbons (Fsp3) is 0.647. The van der Waals surface area contributed by atoms with Crippen molar-refractivity contribution in [3.05, 3.63) is 33.9 Å². The SMILES string of the molecule is Cc1cc([N+](=O)[O-])ccc1N1CCC2CCC(C1)N2C(C)C. The molecule has 2 atom stereocenters. The minimum absolute atomic E-state index is 0.182. The van der Waals surface area contributed by atoms with Crippen LogP contribution < -0.4 is 4.90 Å². The van der Waals surface area contributed by atoms with Crippen molar-refractivity contribution in [2.75, 3.05) is 18.0 Å². The van der Waals surface area contributed by atoms with Crippen LogP contribution in [-0.2, 0) is 0 Å². The van der Waals surface area contributed by atoms with Gasteiger partial charge >= 0.3 is 0 Å². The predicted octanol–water partition coefficient (Wildman–Crippen LogP) is 3.35. The number of nitro groups is 1. The number of hydrogen-bond acceptors (Lipinski definition) is 4. The van der Waals surface area contributed by atoms with Gasteiger partial charge in [-0.3, -0.25) is 15.0 Å². The molecule has 0 radical (unpaired) electrons. The maximum absolute atomic E-state index is 10.9. The van der Waals surface area contributed by atoms with E-state index in [1.807, 2.05) is 13.0 Å². The second kappa shape index (κ2) is 5.88. The van der Waals surface area contributed by atoms with Gasteiger partial charge in [0.1, 0.15) is 0 Å². The summed E-state index contributed by atoms with van der Waals surface area (Å²) in [6.07, 6.45) is 3.77. The minimum atomic E-state index is -0.318. The van der Waals surface area contributed by atoms with E-state index in [2.05, 4.69) is 23.6 Å². The van der Waals surface area contributed by atoms with Gasteiger partial charge in [-0.25, -0.2) is 0 Å². The average molecular weight is 303 g/mol. The summed E-state index contributed by atoms with van der Waals surface area (Å²) in [5, 5.41) is 10.9. The van der Waals surface area contributed by atoms with E-state index in [1.165, 1.54) is 19.3 Å². The molecule has 120 valence electrons. The van der Waals surface area contributed by atoms with Crippen molar-refractivity contribution < 1.29 is 4.92 Å². The molecular weight excluding hydrogens is 278 g/mol. The normalized spacial score (nSPS) is 25.5. The van der Waals surface area contributed by atoms with Gasteiger partial charge in [-0.15, -0.1) is 0 Å². The Morgan fingerprint density at radius 1 is 1.23 bits per heavy atom. The summed E-state index contributed by atoms with van der Waals surface area (Å²) in [6, 6.07) is 7.15. The van der Waals surface area contributed by atoms with Gasteiger partial charge < -0.3 is 4.90 Å². The number of nitrogens with zero attached hydrogens (tertiary/aromatic N) is 3. The third-order valence-corrected chi connectivity index (χ3v) is 5.17. The van der Waals surface area contributed by atoms with Crippen LogP contribution >= 0.6 is 0 Å².